The molecule has 1 aromatic carbocycles. The topological polar surface area (TPSA) is 30.2 Å². The number of hydrogen-bond donors (Lipinski definition) is 0. The van der Waals surface area contributed by atoms with Crippen molar-refractivity contribution in [2.45, 2.75) is 5.25 Å². The zero-order valence-electron chi connectivity index (χ0n) is 9.52. The fraction of sp³-hybridized carbons (Fsp3) is 0.308. The zero-order chi connectivity index (χ0) is 12.5. The van der Waals surface area contributed by atoms with E-state index in [4.69, 9.17) is 16.0 Å². The van der Waals surface area contributed by atoms with Gasteiger partial charge in [0.15, 0.2) is 5.76 Å². The Morgan fingerprint density at radius 1 is 1.33 bits per heavy atom. The van der Waals surface area contributed by atoms with Gasteiger partial charge >= 0.3 is 0 Å². The monoisotopic (exact) mass is 298 g/mol. The lowest BCUT2D eigenvalue weighted by molar-refractivity contribution is 0.0970. The van der Waals surface area contributed by atoms with Crippen LogP contribution in [0.1, 0.15) is 10.6 Å². The average Bonchev–Trinajstić information content (AvgIpc) is 2.81. The fourth-order valence-electron chi connectivity index (χ4n) is 1.93. The van der Waals surface area contributed by atoms with Gasteiger partial charge in [-0.2, -0.15) is 11.8 Å². The van der Waals surface area contributed by atoms with Crippen molar-refractivity contribution in [2.75, 3.05) is 17.3 Å². The number of furan rings is 1. The van der Waals surface area contributed by atoms with Crippen molar-refractivity contribution >= 4 is 51.9 Å². The van der Waals surface area contributed by atoms with Crippen molar-refractivity contribution in [1.29, 1.82) is 0 Å². The Morgan fingerprint density at radius 2 is 2.22 bits per heavy atom. The molecule has 2 nitrogen and oxygen atoms in total. The maximum absolute atomic E-state index is 12.3. The van der Waals surface area contributed by atoms with Crippen LogP contribution in [0, 0.1) is 0 Å². The molecule has 0 radical (unpaired) electrons. The number of Topliss-reactive ketones (excluding diaryl/α,β-unsaturated/α-hetero) is 1. The number of hydrogen-bond acceptors (Lipinski definition) is 4. The highest BCUT2D eigenvalue weighted by Crippen LogP contribution is 2.29. The van der Waals surface area contributed by atoms with Crippen LogP contribution in [0.4, 0.5) is 0 Å². The molecule has 0 amide bonds. The van der Waals surface area contributed by atoms with Gasteiger partial charge in [-0.15, -0.1) is 11.8 Å². The van der Waals surface area contributed by atoms with Gasteiger partial charge in [0.05, 0.1) is 5.25 Å². The molecule has 3 rings (SSSR count). The molecule has 0 bridgehead atoms. The lowest BCUT2D eigenvalue weighted by Crippen LogP contribution is -2.23. The number of rotatable bonds is 2. The number of fused-ring (bicyclic) bond motifs is 1. The van der Waals surface area contributed by atoms with E-state index in [1.54, 1.807) is 30.0 Å². The van der Waals surface area contributed by atoms with Crippen LogP contribution in [0.2, 0.25) is 5.02 Å². The average molecular weight is 299 g/mol. The third-order valence-corrected chi connectivity index (χ3v) is 5.82. The second kappa shape index (κ2) is 5.19. The van der Waals surface area contributed by atoms with Crippen LogP contribution in [0.5, 0.6) is 0 Å². The predicted molar refractivity (Wildman–Crippen MR) is 79.1 cm³/mol. The van der Waals surface area contributed by atoms with Gasteiger partial charge in [-0.3, -0.25) is 4.79 Å². The first-order chi connectivity index (χ1) is 8.74. The molecular weight excluding hydrogens is 288 g/mol. The molecule has 0 spiro atoms. The fourth-order valence-corrected chi connectivity index (χ4v) is 4.73. The molecule has 0 N–H and O–H groups in total. The van der Waals surface area contributed by atoms with Crippen LogP contribution in [-0.4, -0.2) is 28.3 Å². The summed E-state index contributed by atoms with van der Waals surface area (Å²) in [7, 11) is 0. The molecule has 5 heteroatoms. The summed E-state index contributed by atoms with van der Waals surface area (Å²) < 4.78 is 5.61. The van der Waals surface area contributed by atoms with E-state index in [0.717, 1.165) is 28.2 Å². The van der Waals surface area contributed by atoms with Crippen LogP contribution in [0.3, 0.4) is 0 Å². The van der Waals surface area contributed by atoms with Gasteiger partial charge in [-0.1, -0.05) is 11.6 Å². The molecule has 1 aromatic heterocycles. The molecule has 0 saturated carbocycles. The second-order valence-corrected chi connectivity index (χ2v) is 6.99. The molecule has 2 aromatic rings. The number of halogens is 1. The summed E-state index contributed by atoms with van der Waals surface area (Å²) in [4.78, 5) is 12.3. The van der Waals surface area contributed by atoms with Gasteiger partial charge in [0, 0.05) is 27.7 Å². The number of benzene rings is 1. The first kappa shape index (κ1) is 12.5. The normalized spacial score (nSPS) is 20.2. The van der Waals surface area contributed by atoms with E-state index in [9.17, 15) is 4.79 Å². The zero-order valence-corrected chi connectivity index (χ0v) is 11.9. The van der Waals surface area contributed by atoms with Crippen molar-refractivity contribution in [1.82, 2.24) is 0 Å². The van der Waals surface area contributed by atoms with Crippen LogP contribution in [-0.2, 0) is 0 Å². The van der Waals surface area contributed by atoms with Crippen LogP contribution in [0.25, 0.3) is 11.0 Å². The summed E-state index contributed by atoms with van der Waals surface area (Å²) in [5.74, 6) is 3.59. The largest absolute Gasteiger partial charge is 0.453 e. The Kier molecular flexibility index (Phi) is 3.59. The molecule has 1 aliphatic heterocycles. The van der Waals surface area contributed by atoms with E-state index in [2.05, 4.69) is 0 Å². The van der Waals surface area contributed by atoms with Crippen molar-refractivity contribution in [2.24, 2.45) is 0 Å². The summed E-state index contributed by atoms with van der Waals surface area (Å²) >= 11 is 9.48. The number of thioether (sulfide) groups is 2. The lowest BCUT2D eigenvalue weighted by atomic mass is 10.2. The van der Waals surface area contributed by atoms with Crippen molar-refractivity contribution < 1.29 is 9.21 Å². The minimum absolute atomic E-state index is 0.0276. The summed E-state index contributed by atoms with van der Waals surface area (Å²) in [5, 5.41) is 1.57. The Balaban J connectivity index is 1.91. The first-order valence-corrected chi connectivity index (χ1v) is 8.25. The van der Waals surface area contributed by atoms with Gasteiger partial charge in [0.25, 0.3) is 0 Å². The molecule has 2 heterocycles. The Morgan fingerprint density at radius 3 is 3.00 bits per heavy atom. The van der Waals surface area contributed by atoms with Gasteiger partial charge < -0.3 is 4.42 Å². The highest BCUT2D eigenvalue weighted by atomic mass is 35.5. The quantitative estimate of drug-likeness (QED) is 0.780. The van der Waals surface area contributed by atoms with Gasteiger partial charge in [-0.25, -0.2) is 0 Å². The molecular formula is C13H11ClO2S2. The van der Waals surface area contributed by atoms with Gasteiger partial charge in [0.2, 0.25) is 5.78 Å². The Hall–Kier alpha value is -0.580. The number of carbonyl (C=O) groups is 1. The molecule has 18 heavy (non-hydrogen) atoms. The maximum atomic E-state index is 12.3. The van der Waals surface area contributed by atoms with E-state index >= 15 is 0 Å². The highest BCUT2D eigenvalue weighted by Gasteiger charge is 2.26. The van der Waals surface area contributed by atoms with E-state index in [0.29, 0.717) is 10.8 Å². The molecule has 0 aliphatic carbocycles. The molecule has 1 fully saturated rings. The second-order valence-electron chi connectivity index (χ2n) is 4.09. The third-order valence-electron chi connectivity index (χ3n) is 2.83. The van der Waals surface area contributed by atoms with Crippen molar-refractivity contribution in [3.8, 4) is 0 Å². The maximum Gasteiger partial charge on any atom is 0.211 e. The van der Waals surface area contributed by atoms with Crippen molar-refractivity contribution in [3.05, 3.63) is 35.0 Å². The van der Waals surface area contributed by atoms with E-state index < -0.39 is 0 Å². The van der Waals surface area contributed by atoms with Crippen LogP contribution in [0.15, 0.2) is 28.7 Å². The van der Waals surface area contributed by atoms with Gasteiger partial charge in [0.1, 0.15) is 5.58 Å². The predicted octanol–water partition coefficient (Wildman–Crippen LogP) is 4.12. The molecule has 1 atom stereocenters. The number of ketones is 1. The first-order valence-electron chi connectivity index (χ1n) is 5.67. The smallest absolute Gasteiger partial charge is 0.211 e. The molecule has 94 valence electrons. The Labute approximate surface area is 118 Å². The summed E-state index contributed by atoms with van der Waals surface area (Å²) in [6.45, 7) is 0. The van der Waals surface area contributed by atoms with Crippen molar-refractivity contribution in [3.63, 3.8) is 0 Å². The minimum atomic E-state index is 0.0276. The summed E-state index contributed by atoms with van der Waals surface area (Å²) in [6, 6.07) is 7.19. The van der Waals surface area contributed by atoms with E-state index in [1.807, 2.05) is 17.8 Å². The third kappa shape index (κ3) is 2.42. The lowest BCUT2D eigenvalue weighted by Gasteiger charge is -2.18. The SMILES string of the molecule is O=C(c1cc2cc(Cl)ccc2o1)C1CSCCS1. The number of carbonyl (C=O) groups excluding carboxylic acids is 1. The molecule has 1 unspecified atom stereocenters. The van der Waals surface area contributed by atoms with Crippen LogP contribution < -0.4 is 0 Å². The molecule has 1 aliphatic rings. The van der Waals surface area contributed by atoms with E-state index in [-0.39, 0.29) is 11.0 Å². The highest BCUT2D eigenvalue weighted by molar-refractivity contribution is 8.07. The van der Waals surface area contributed by atoms with Gasteiger partial charge in [-0.05, 0) is 24.3 Å². The summed E-state index contributed by atoms with van der Waals surface area (Å²) in [6.07, 6.45) is 0. The standard InChI is InChI=1S/C13H11ClO2S2/c14-9-1-2-10-8(5-9)6-11(16-10)13(15)12-7-17-3-4-18-12/h1-2,5-6,12H,3-4,7H2. The van der Waals surface area contributed by atoms with Crippen LogP contribution >= 0.6 is 35.1 Å². The minimum Gasteiger partial charge on any atom is -0.453 e. The molecule has 1 saturated heterocycles. The Bertz CT molecular complexity index is 588. The summed E-state index contributed by atoms with van der Waals surface area (Å²) in [5.41, 5.74) is 0.719. The van der Waals surface area contributed by atoms with E-state index in [1.165, 1.54) is 0 Å².